The van der Waals surface area contributed by atoms with Gasteiger partial charge in [-0.1, -0.05) is 13.8 Å². The SMILES string of the molecule is CC1(C)CNCCC1NC(=O)c1ccc(Br)s1. The highest BCUT2D eigenvalue weighted by molar-refractivity contribution is 9.11. The van der Waals surface area contributed by atoms with Crippen LogP contribution in [0.15, 0.2) is 15.9 Å². The van der Waals surface area contributed by atoms with Crippen LogP contribution in [0.1, 0.15) is 29.9 Å². The molecule has 0 aromatic carbocycles. The molecule has 0 bridgehead atoms. The average Bonchev–Trinajstić information content (AvgIpc) is 2.68. The molecule has 1 fully saturated rings. The molecule has 1 amide bonds. The van der Waals surface area contributed by atoms with Crippen LogP contribution in [0.25, 0.3) is 0 Å². The molecule has 3 nitrogen and oxygen atoms in total. The lowest BCUT2D eigenvalue weighted by molar-refractivity contribution is 0.0873. The van der Waals surface area contributed by atoms with Crippen LogP contribution in [0, 0.1) is 5.41 Å². The molecule has 0 radical (unpaired) electrons. The van der Waals surface area contributed by atoms with Gasteiger partial charge in [-0.2, -0.15) is 0 Å². The highest BCUT2D eigenvalue weighted by Crippen LogP contribution is 2.27. The van der Waals surface area contributed by atoms with Crippen molar-refractivity contribution in [2.75, 3.05) is 13.1 Å². The van der Waals surface area contributed by atoms with Crippen molar-refractivity contribution in [1.82, 2.24) is 10.6 Å². The van der Waals surface area contributed by atoms with Gasteiger partial charge in [-0.3, -0.25) is 4.79 Å². The number of hydrogen-bond acceptors (Lipinski definition) is 3. The van der Waals surface area contributed by atoms with Gasteiger partial charge in [-0.05, 0) is 46.4 Å². The van der Waals surface area contributed by atoms with Crippen molar-refractivity contribution in [3.05, 3.63) is 20.8 Å². The fourth-order valence-corrected chi connectivity index (χ4v) is 3.39. The molecule has 0 saturated carbocycles. The second kappa shape index (κ2) is 5.08. The zero-order chi connectivity index (χ0) is 12.5. The minimum absolute atomic E-state index is 0.0423. The van der Waals surface area contributed by atoms with E-state index < -0.39 is 0 Å². The van der Waals surface area contributed by atoms with Gasteiger partial charge in [0.15, 0.2) is 0 Å². The third kappa shape index (κ3) is 3.09. The van der Waals surface area contributed by atoms with Gasteiger partial charge in [-0.25, -0.2) is 0 Å². The van der Waals surface area contributed by atoms with E-state index >= 15 is 0 Å². The summed E-state index contributed by atoms with van der Waals surface area (Å²) >= 11 is 4.85. The molecule has 0 aliphatic carbocycles. The molecule has 94 valence electrons. The second-order valence-corrected chi connectivity index (χ2v) is 7.55. The van der Waals surface area contributed by atoms with E-state index in [0.29, 0.717) is 0 Å². The number of rotatable bonds is 2. The Balaban J connectivity index is 2.03. The van der Waals surface area contributed by atoms with Crippen LogP contribution < -0.4 is 10.6 Å². The first-order chi connectivity index (χ1) is 7.99. The third-order valence-electron chi connectivity index (χ3n) is 3.24. The number of hydrogen-bond donors (Lipinski definition) is 2. The van der Waals surface area contributed by atoms with Gasteiger partial charge in [0.25, 0.3) is 5.91 Å². The summed E-state index contributed by atoms with van der Waals surface area (Å²) in [5.74, 6) is 0.0423. The van der Waals surface area contributed by atoms with E-state index in [1.165, 1.54) is 11.3 Å². The fraction of sp³-hybridized carbons (Fsp3) is 0.583. The lowest BCUT2D eigenvalue weighted by Gasteiger charge is -2.39. The number of nitrogens with one attached hydrogen (secondary N) is 2. The minimum Gasteiger partial charge on any atom is -0.348 e. The van der Waals surface area contributed by atoms with Gasteiger partial charge in [-0.15, -0.1) is 11.3 Å². The minimum atomic E-state index is 0.0423. The van der Waals surface area contributed by atoms with Gasteiger partial charge in [0, 0.05) is 12.6 Å². The summed E-state index contributed by atoms with van der Waals surface area (Å²) in [4.78, 5) is 12.8. The summed E-state index contributed by atoms with van der Waals surface area (Å²) in [7, 11) is 0. The number of carbonyl (C=O) groups excluding carboxylic acids is 1. The zero-order valence-electron chi connectivity index (χ0n) is 10.0. The Kier molecular flexibility index (Phi) is 3.90. The largest absolute Gasteiger partial charge is 0.348 e. The molecule has 1 aliphatic rings. The Morgan fingerprint density at radius 3 is 2.94 bits per heavy atom. The molecule has 2 N–H and O–H groups in total. The fourth-order valence-electron chi connectivity index (χ4n) is 2.10. The van der Waals surface area contributed by atoms with Gasteiger partial charge >= 0.3 is 0 Å². The Hall–Kier alpha value is -0.390. The van der Waals surface area contributed by atoms with Crippen molar-refractivity contribution in [2.24, 2.45) is 5.41 Å². The predicted octanol–water partition coefficient (Wildman–Crippen LogP) is 2.63. The van der Waals surface area contributed by atoms with Crippen LogP contribution in [0.2, 0.25) is 0 Å². The summed E-state index contributed by atoms with van der Waals surface area (Å²) in [6, 6.07) is 4.02. The van der Waals surface area contributed by atoms with Crippen molar-refractivity contribution in [3.63, 3.8) is 0 Å². The number of halogens is 1. The number of amides is 1. The van der Waals surface area contributed by atoms with Gasteiger partial charge in [0.1, 0.15) is 0 Å². The first-order valence-electron chi connectivity index (χ1n) is 5.76. The normalized spacial score (nSPS) is 23.4. The topological polar surface area (TPSA) is 41.1 Å². The molecule has 2 rings (SSSR count). The number of carbonyl (C=O) groups is 1. The predicted molar refractivity (Wildman–Crippen MR) is 74.5 cm³/mol. The highest BCUT2D eigenvalue weighted by Gasteiger charge is 2.33. The van der Waals surface area contributed by atoms with E-state index in [4.69, 9.17) is 0 Å². The Morgan fingerprint density at radius 2 is 2.35 bits per heavy atom. The molecular weight excluding hydrogens is 300 g/mol. The van der Waals surface area contributed by atoms with Crippen molar-refractivity contribution in [1.29, 1.82) is 0 Å². The van der Waals surface area contributed by atoms with E-state index in [2.05, 4.69) is 40.4 Å². The Morgan fingerprint density at radius 1 is 1.59 bits per heavy atom. The lowest BCUT2D eigenvalue weighted by Crippen LogP contribution is -2.54. The average molecular weight is 317 g/mol. The molecule has 1 atom stereocenters. The van der Waals surface area contributed by atoms with Gasteiger partial charge in [0.05, 0.1) is 8.66 Å². The van der Waals surface area contributed by atoms with Crippen LogP contribution in [-0.4, -0.2) is 25.0 Å². The second-order valence-electron chi connectivity index (χ2n) is 5.08. The van der Waals surface area contributed by atoms with Gasteiger partial charge in [0.2, 0.25) is 0 Å². The van der Waals surface area contributed by atoms with Gasteiger partial charge < -0.3 is 10.6 Å². The van der Waals surface area contributed by atoms with Crippen LogP contribution in [0.4, 0.5) is 0 Å². The first kappa shape index (κ1) is 13.1. The van der Waals surface area contributed by atoms with E-state index in [0.717, 1.165) is 28.2 Å². The van der Waals surface area contributed by atoms with E-state index in [9.17, 15) is 4.79 Å². The van der Waals surface area contributed by atoms with E-state index in [1.54, 1.807) is 0 Å². The summed E-state index contributed by atoms with van der Waals surface area (Å²) in [5.41, 5.74) is 0.113. The van der Waals surface area contributed by atoms with Crippen LogP contribution >= 0.6 is 27.3 Å². The summed E-state index contributed by atoms with van der Waals surface area (Å²) < 4.78 is 0.993. The summed E-state index contributed by atoms with van der Waals surface area (Å²) in [6.07, 6.45) is 0.991. The maximum Gasteiger partial charge on any atom is 0.261 e. The molecule has 0 spiro atoms. The lowest BCUT2D eigenvalue weighted by atomic mass is 9.80. The molecule has 1 saturated heterocycles. The standard InChI is InChI=1S/C12H17BrN2OS/c1-12(2)7-14-6-5-9(12)15-11(16)8-3-4-10(13)17-8/h3-4,9,14H,5-7H2,1-2H3,(H,15,16). The maximum absolute atomic E-state index is 12.1. The monoisotopic (exact) mass is 316 g/mol. The van der Waals surface area contributed by atoms with Crippen LogP contribution in [0.5, 0.6) is 0 Å². The van der Waals surface area contributed by atoms with Crippen LogP contribution in [-0.2, 0) is 0 Å². The smallest absolute Gasteiger partial charge is 0.261 e. The molecule has 1 aromatic heterocycles. The molecule has 5 heteroatoms. The quantitative estimate of drug-likeness (QED) is 0.880. The van der Waals surface area contributed by atoms with Crippen molar-refractivity contribution in [2.45, 2.75) is 26.3 Å². The summed E-state index contributed by atoms with van der Waals surface area (Å²) in [5, 5.41) is 6.52. The molecule has 1 unspecified atom stereocenters. The van der Waals surface area contributed by atoms with E-state index in [1.807, 2.05) is 12.1 Å². The number of thiophene rings is 1. The highest BCUT2D eigenvalue weighted by atomic mass is 79.9. The van der Waals surface area contributed by atoms with E-state index in [-0.39, 0.29) is 17.4 Å². The molecule has 1 aliphatic heterocycles. The first-order valence-corrected chi connectivity index (χ1v) is 7.37. The Labute approximate surface area is 114 Å². The van der Waals surface area contributed by atoms with Crippen LogP contribution in [0.3, 0.4) is 0 Å². The maximum atomic E-state index is 12.1. The summed E-state index contributed by atoms with van der Waals surface area (Å²) in [6.45, 7) is 6.30. The molecule has 17 heavy (non-hydrogen) atoms. The van der Waals surface area contributed by atoms with Crippen molar-refractivity contribution in [3.8, 4) is 0 Å². The molecule has 1 aromatic rings. The van der Waals surface area contributed by atoms with Crippen molar-refractivity contribution < 1.29 is 4.79 Å². The molecule has 2 heterocycles. The molecular formula is C12H17BrN2OS. The zero-order valence-corrected chi connectivity index (χ0v) is 12.5. The number of piperidine rings is 1. The third-order valence-corrected chi connectivity index (χ3v) is 4.86. The van der Waals surface area contributed by atoms with Crippen molar-refractivity contribution >= 4 is 33.2 Å². The Bertz CT molecular complexity index is 416.